The molecule has 0 saturated carbocycles. The number of nitrogens with zero attached hydrogens (tertiary/aromatic N) is 3. The fourth-order valence-electron chi connectivity index (χ4n) is 11.5. The van der Waals surface area contributed by atoms with Crippen LogP contribution in [-0.2, 0) is 73.6 Å². The van der Waals surface area contributed by atoms with Gasteiger partial charge in [0, 0.05) is 97.8 Å². The van der Waals surface area contributed by atoms with Crippen LogP contribution < -0.4 is 59.3 Å². The van der Waals surface area contributed by atoms with E-state index in [4.69, 9.17) is 11.5 Å². The molecule has 0 spiro atoms. The molecule has 2 aliphatic heterocycles. The zero-order valence-corrected chi connectivity index (χ0v) is 52.1. The van der Waals surface area contributed by atoms with Gasteiger partial charge in [-0.25, -0.2) is 4.98 Å². The SMILES string of the molecule is CCNC(=O)[C@@H]1CCCN1C(=O)[C@H](CCCN=C(N)N)NC(=O)C(CC(C)C)NC(=O)[C@@H](Cc1c[nH]c2ccccc12)NC(=O)[C@H](Cc1ccc(O)cc1)NC(=O)[C@H](CO)NC(=O)[C@H](Cc1c[nH]c2ccccc12)NC(=O)[C@H](Cc1cnc[nH]1)NC(=O)C1CCC(=O)N1. The molecule has 5 heterocycles. The number of hydrogen-bond donors (Lipinski definition) is 16. The molecule has 2 aliphatic rings. The highest BCUT2D eigenvalue weighted by atomic mass is 16.3. The number of para-hydroxylation sites is 2. The number of carbonyl (C=O) groups excluding carboxylic acids is 10. The van der Waals surface area contributed by atoms with Crippen LogP contribution in [0.5, 0.6) is 5.75 Å². The second-order valence-corrected chi connectivity index (χ2v) is 23.7. The van der Waals surface area contributed by atoms with Gasteiger partial charge in [0.15, 0.2) is 5.96 Å². The monoisotopic (exact) mass is 1280 g/mol. The van der Waals surface area contributed by atoms with Gasteiger partial charge in [-0.1, -0.05) is 62.4 Å². The highest BCUT2D eigenvalue weighted by Gasteiger charge is 2.40. The zero-order valence-electron chi connectivity index (χ0n) is 52.1. The minimum absolute atomic E-state index is 0.0647. The summed E-state index contributed by atoms with van der Waals surface area (Å²) >= 11 is 0. The Balaban J connectivity index is 1.05. The largest absolute Gasteiger partial charge is 0.508 e. The van der Waals surface area contributed by atoms with Crippen LogP contribution in [0, 0.1) is 5.92 Å². The molecule has 8 rings (SSSR count). The number of guanidine groups is 1. The number of imidazole rings is 1. The van der Waals surface area contributed by atoms with Crippen molar-refractivity contribution in [2.75, 3.05) is 26.2 Å². The zero-order chi connectivity index (χ0) is 66.7. The fraction of sp³-hybridized carbons (Fsp3) is 0.438. The Hall–Kier alpha value is -10.3. The Morgan fingerprint density at radius 1 is 0.656 bits per heavy atom. The molecular weight excluding hydrogens is 1200 g/mol. The first-order valence-electron chi connectivity index (χ1n) is 31.2. The molecular formula is C64H83N17O12. The first-order valence-corrected chi connectivity index (χ1v) is 31.2. The number of aliphatic hydroxyl groups excluding tert-OH is 1. The fourth-order valence-corrected chi connectivity index (χ4v) is 11.5. The molecule has 93 heavy (non-hydrogen) atoms. The number of H-pyrrole nitrogens is 3. The van der Waals surface area contributed by atoms with Gasteiger partial charge in [0.2, 0.25) is 59.1 Å². The van der Waals surface area contributed by atoms with E-state index < -0.39 is 108 Å². The topological polar surface area (TPSA) is 447 Å². The van der Waals surface area contributed by atoms with Crippen molar-refractivity contribution in [3.05, 3.63) is 120 Å². The van der Waals surface area contributed by atoms with Crippen LogP contribution in [0.15, 0.2) is 103 Å². The lowest BCUT2D eigenvalue weighted by molar-refractivity contribution is -0.142. The van der Waals surface area contributed by atoms with Crippen molar-refractivity contribution in [2.24, 2.45) is 22.4 Å². The third-order valence-corrected chi connectivity index (χ3v) is 16.3. The van der Waals surface area contributed by atoms with Crippen molar-refractivity contribution in [3.8, 4) is 5.75 Å². The summed E-state index contributed by atoms with van der Waals surface area (Å²) in [4.78, 5) is 160. The highest BCUT2D eigenvalue weighted by molar-refractivity contribution is 6.00. The van der Waals surface area contributed by atoms with E-state index in [1.807, 2.05) is 38.1 Å². The number of fused-ring (bicyclic) bond motifs is 2. The van der Waals surface area contributed by atoms with Crippen molar-refractivity contribution in [3.63, 3.8) is 0 Å². The lowest BCUT2D eigenvalue weighted by Crippen LogP contribution is -2.61. The first-order chi connectivity index (χ1) is 44.7. The lowest BCUT2D eigenvalue weighted by atomic mass is 9.99. The number of aliphatic hydroxyl groups is 1. The van der Waals surface area contributed by atoms with Gasteiger partial charge in [-0.05, 0) is 92.3 Å². The van der Waals surface area contributed by atoms with E-state index in [9.17, 15) is 48.6 Å². The maximum atomic E-state index is 15.1. The van der Waals surface area contributed by atoms with Crippen molar-refractivity contribution in [2.45, 2.75) is 146 Å². The second-order valence-electron chi connectivity index (χ2n) is 23.7. The Bertz CT molecular complexity index is 3640. The summed E-state index contributed by atoms with van der Waals surface area (Å²) in [6, 6.07) is 8.42. The van der Waals surface area contributed by atoms with E-state index in [2.05, 4.69) is 72.8 Å². The van der Waals surface area contributed by atoms with Gasteiger partial charge in [-0.15, -0.1) is 0 Å². The van der Waals surface area contributed by atoms with Gasteiger partial charge in [0.25, 0.3) is 0 Å². The second kappa shape index (κ2) is 32.6. The summed E-state index contributed by atoms with van der Waals surface area (Å²) in [5, 5.41) is 47.0. The summed E-state index contributed by atoms with van der Waals surface area (Å²) in [5.41, 5.74) is 14.6. The molecule has 0 radical (unpaired) electrons. The Kier molecular flexibility index (Phi) is 24.1. The van der Waals surface area contributed by atoms with Crippen LogP contribution in [0.25, 0.3) is 21.8 Å². The number of rotatable bonds is 32. The summed E-state index contributed by atoms with van der Waals surface area (Å²) < 4.78 is 0. The number of hydrogen-bond acceptors (Lipinski definition) is 14. The van der Waals surface area contributed by atoms with Crippen molar-refractivity contribution in [1.82, 2.24) is 72.7 Å². The molecule has 2 unspecified atom stereocenters. The number of phenols is 1. The molecule has 2 fully saturated rings. The quantitative estimate of drug-likeness (QED) is 0.0140. The van der Waals surface area contributed by atoms with Gasteiger partial charge in [0.1, 0.15) is 60.1 Å². The van der Waals surface area contributed by atoms with E-state index in [0.29, 0.717) is 63.6 Å². The minimum atomic E-state index is -1.78. The number of carbonyl (C=O) groups is 10. The van der Waals surface area contributed by atoms with Crippen molar-refractivity contribution >= 4 is 86.8 Å². The number of aliphatic imine (C=N–C) groups is 1. The summed E-state index contributed by atoms with van der Waals surface area (Å²) in [5.74, 6) is -7.58. The van der Waals surface area contributed by atoms with Crippen LogP contribution >= 0.6 is 0 Å². The third-order valence-electron chi connectivity index (χ3n) is 16.3. The van der Waals surface area contributed by atoms with Crippen LogP contribution in [0.1, 0.15) is 88.1 Å². The number of likely N-dealkylation sites (N-methyl/N-ethyl adjacent to an activating group) is 1. The van der Waals surface area contributed by atoms with E-state index in [0.717, 1.165) is 0 Å². The van der Waals surface area contributed by atoms with E-state index in [1.165, 1.54) is 41.7 Å². The summed E-state index contributed by atoms with van der Waals surface area (Å²) in [6.45, 7) is 5.14. The van der Waals surface area contributed by atoms with Crippen LogP contribution in [0.3, 0.4) is 0 Å². The molecule has 18 N–H and O–H groups in total. The van der Waals surface area contributed by atoms with Gasteiger partial charge in [-0.3, -0.25) is 52.9 Å². The van der Waals surface area contributed by atoms with Gasteiger partial charge in [0.05, 0.1) is 12.9 Å². The Morgan fingerprint density at radius 2 is 1.19 bits per heavy atom. The average molecular weight is 1280 g/mol. The van der Waals surface area contributed by atoms with Gasteiger partial charge < -0.3 is 89.4 Å². The van der Waals surface area contributed by atoms with Crippen LogP contribution in [-0.4, -0.2) is 181 Å². The van der Waals surface area contributed by atoms with Crippen molar-refractivity contribution in [1.29, 1.82) is 0 Å². The highest BCUT2D eigenvalue weighted by Crippen LogP contribution is 2.24. The number of nitrogens with one attached hydrogen (secondary N) is 12. The molecule has 9 atom stereocenters. The number of nitrogens with two attached hydrogens (primary N) is 2. The van der Waals surface area contributed by atoms with E-state index in [1.54, 1.807) is 43.6 Å². The average Bonchev–Trinajstić information content (AvgIpc) is 1.82. The predicted molar refractivity (Wildman–Crippen MR) is 343 cm³/mol. The van der Waals surface area contributed by atoms with E-state index >= 15 is 9.59 Å². The molecule has 0 bridgehead atoms. The number of likely N-dealkylation sites (tertiary alicyclic amines) is 1. The smallest absolute Gasteiger partial charge is 0.245 e. The molecule has 3 aromatic carbocycles. The standard InChI is InChI=1S/C64H83N17O12/c1-4-68-62(92)53-16-10-24-81(53)63(93)46(15-9-23-69-64(65)66)74-56(86)47(25-35(2)3)75-58(88)49(27-37-30-70-43-13-7-5-11-41(37)43)77-57(87)48(26-36-17-19-40(83)20-18-36)76-61(91)52(33-82)80-59(89)50(28-38-31-71-44-14-8-6-12-42(38)44)78-60(90)51(29-39-32-67-34-72-39)79-55(85)45-21-22-54(84)73-45/h5-8,11-14,17-20,30-32,34-35,45-53,70-71,82-83H,4,9-10,15-16,21-29,33H2,1-3H3,(H,67,72)(H,68,92)(H,73,84)(H,74,86)(H,75,88)(H,76,91)(H,77,87)(H,78,90)(H,79,85)(H,80,89)(H4,65,66,69)/t45?,46-,47?,48-,49+,50-,51-,52-,53-/m0/s1. The summed E-state index contributed by atoms with van der Waals surface area (Å²) in [7, 11) is 0. The first kappa shape index (κ1) is 68.6. The molecule has 2 saturated heterocycles. The number of aromatic amines is 3. The molecule has 3 aromatic heterocycles. The maximum Gasteiger partial charge on any atom is 0.245 e. The molecule has 29 heteroatoms. The Morgan fingerprint density at radius 3 is 1.73 bits per heavy atom. The number of aromatic nitrogens is 4. The molecule has 6 aromatic rings. The van der Waals surface area contributed by atoms with Crippen LogP contribution in [0.4, 0.5) is 0 Å². The van der Waals surface area contributed by atoms with Crippen LogP contribution in [0.2, 0.25) is 0 Å². The summed E-state index contributed by atoms with van der Waals surface area (Å²) in [6.07, 6.45) is 7.10. The number of amides is 10. The predicted octanol–water partition coefficient (Wildman–Crippen LogP) is -0.760. The van der Waals surface area contributed by atoms with E-state index in [-0.39, 0.29) is 100 Å². The number of aromatic hydroxyl groups is 1. The lowest BCUT2D eigenvalue weighted by Gasteiger charge is -2.30. The molecule has 29 nitrogen and oxygen atoms in total. The molecule has 10 amide bonds. The Labute approximate surface area is 536 Å². The number of phenolic OH excluding ortho intramolecular Hbond substituents is 1. The normalized spacial score (nSPS) is 16.8. The number of benzene rings is 3. The minimum Gasteiger partial charge on any atom is -0.508 e. The molecule has 496 valence electrons. The van der Waals surface area contributed by atoms with Crippen molar-refractivity contribution < 1.29 is 58.2 Å². The van der Waals surface area contributed by atoms with Gasteiger partial charge in [-0.2, -0.15) is 0 Å². The third kappa shape index (κ3) is 18.9. The molecule has 0 aliphatic carbocycles. The van der Waals surface area contributed by atoms with Gasteiger partial charge >= 0.3 is 0 Å². The maximum absolute atomic E-state index is 15.1.